The highest BCUT2D eigenvalue weighted by atomic mass is 79.9. The fraction of sp³-hybridized carbons (Fsp3) is 0.667. The molecule has 1 aromatic rings. The molecule has 1 aliphatic heterocycles. The molecule has 0 N–H and O–H groups in total. The van der Waals surface area contributed by atoms with E-state index in [1.165, 1.54) is 4.88 Å². The zero-order chi connectivity index (χ0) is 14.1. The van der Waals surface area contributed by atoms with Gasteiger partial charge in [-0.25, -0.2) is 8.42 Å². The van der Waals surface area contributed by atoms with Gasteiger partial charge in [0.15, 0.2) is 9.84 Å². The number of alkyl halides is 2. The molecule has 0 radical (unpaired) electrons. The Morgan fingerprint density at radius 1 is 1.37 bits per heavy atom. The largest absolute Gasteiger partial charge is 0.229 e. The van der Waals surface area contributed by atoms with E-state index in [9.17, 15) is 8.42 Å². The van der Waals surface area contributed by atoms with Crippen LogP contribution in [0.15, 0.2) is 12.1 Å². The van der Waals surface area contributed by atoms with E-state index >= 15 is 0 Å². The van der Waals surface area contributed by atoms with Crippen LogP contribution >= 0.6 is 54.8 Å². The van der Waals surface area contributed by atoms with Gasteiger partial charge in [-0.15, -0.1) is 11.3 Å². The van der Waals surface area contributed by atoms with Gasteiger partial charge in [0.1, 0.15) is 0 Å². The minimum atomic E-state index is -2.85. The van der Waals surface area contributed by atoms with Gasteiger partial charge in [0.2, 0.25) is 0 Å². The molecule has 1 aliphatic rings. The maximum atomic E-state index is 11.7. The molecule has 1 fully saturated rings. The van der Waals surface area contributed by atoms with E-state index in [1.54, 1.807) is 11.3 Å². The summed E-state index contributed by atoms with van der Waals surface area (Å²) >= 11 is 14.7. The van der Waals surface area contributed by atoms with Gasteiger partial charge in [-0.2, -0.15) is 0 Å². The molecular weight excluding hydrogens is 436 g/mol. The van der Waals surface area contributed by atoms with E-state index in [1.807, 2.05) is 12.1 Å². The Morgan fingerprint density at radius 3 is 2.47 bits per heavy atom. The SMILES string of the molecule is O=S1(=O)CCC(C(CBr)(CBr)Cc2ccc(Cl)s2)C1. The third kappa shape index (κ3) is 3.76. The van der Waals surface area contributed by atoms with E-state index in [4.69, 9.17) is 11.6 Å². The van der Waals surface area contributed by atoms with Crippen molar-refractivity contribution < 1.29 is 8.42 Å². The summed E-state index contributed by atoms with van der Waals surface area (Å²) in [4.78, 5) is 1.22. The molecule has 1 atom stereocenters. The highest BCUT2D eigenvalue weighted by molar-refractivity contribution is 9.09. The molecular formula is C12H15Br2ClO2S2. The lowest BCUT2D eigenvalue weighted by molar-refractivity contribution is 0.255. The third-order valence-corrected chi connectivity index (χ3v) is 9.02. The summed E-state index contributed by atoms with van der Waals surface area (Å²) in [5.74, 6) is 0.839. The molecule has 108 valence electrons. The van der Waals surface area contributed by atoms with Gasteiger partial charge < -0.3 is 0 Å². The fourth-order valence-electron chi connectivity index (χ4n) is 2.56. The van der Waals surface area contributed by atoms with Gasteiger partial charge in [-0.3, -0.25) is 0 Å². The van der Waals surface area contributed by atoms with E-state index < -0.39 is 9.84 Å². The molecule has 7 heteroatoms. The number of hydrogen-bond acceptors (Lipinski definition) is 3. The van der Waals surface area contributed by atoms with Crippen LogP contribution in [0.5, 0.6) is 0 Å². The predicted octanol–water partition coefficient (Wildman–Crippen LogP) is 4.15. The predicted molar refractivity (Wildman–Crippen MR) is 89.8 cm³/mol. The van der Waals surface area contributed by atoms with Crippen LogP contribution in [0.4, 0.5) is 0 Å². The third-order valence-electron chi connectivity index (χ3n) is 3.79. The van der Waals surface area contributed by atoms with Crippen molar-refractivity contribution in [2.45, 2.75) is 12.8 Å². The van der Waals surface area contributed by atoms with E-state index in [-0.39, 0.29) is 11.3 Å². The van der Waals surface area contributed by atoms with Gasteiger partial charge >= 0.3 is 0 Å². The summed E-state index contributed by atoms with van der Waals surface area (Å²) in [6, 6.07) is 3.94. The lowest BCUT2D eigenvalue weighted by Gasteiger charge is -2.35. The summed E-state index contributed by atoms with van der Waals surface area (Å²) < 4.78 is 24.2. The number of rotatable bonds is 5. The zero-order valence-corrected chi connectivity index (χ0v) is 15.8. The molecule has 0 aliphatic carbocycles. The van der Waals surface area contributed by atoms with Crippen LogP contribution in [0.1, 0.15) is 11.3 Å². The van der Waals surface area contributed by atoms with E-state index in [2.05, 4.69) is 31.9 Å². The molecule has 0 amide bonds. The van der Waals surface area contributed by atoms with Gasteiger partial charge in [-0.1, -0.05) is 43.5 Å². The van der Waals surface area contributed by atoms with Crippen LogP contribution in [0.25, 0.3) is 0 Å². The Morgan fingerprint density at radius 2 is 2.05 bits per heavy atom. The summed E-state index contributed by atoms with van der Waals surface area (Å²) in [7, 11) is -2.85. The molecule has 2 heterocycles. The molecule has 0 bridgehead atoms. The number of halogens is 3. The number of hydrogen-bond donors (Lipinski definition) is 0. The molecule has 1 saturated heterocycles. The lowest BCUT2D eigenvalue weighted by Crippen LogP contribution is -2.37. The molecule has 0 spiro atoms. The first kappa shape index (κ1) is 16.3. The van der Waals surface area contributed by atoms with Crippen LogP contribution in [-0.4, -0.2) is 30.6 Å². The van der Waals surface area contributed by atoms with Gasteiger partial charge in [0.05, 0.1) is 15.8 Å². The second-order valence-electron chi connectivity index (χ2n) is 5.11. The highest BCUT2D eigenvalue weighted by Gasteiger charge is 2.43. The molecule has 0 aromatic carbocycles. The first-order chi connectivity index (χ1) is 8.91. The summed E-state index contributed by atoms with van der Waals surface area (Å²) in [5, 5.41) is 1.59. The quantitative estimate of drug-likeness (QED) is 0.632. The minimum Gasteiger partial charge on any atom is -0.229 e. The van der Waals surface area contributed by atoms with Crippen molar-refractivity contribution in [3.05, 3.63) is 21.3 Å². The van der Waals surface area contributed by atoms with Crippen molar-refractivity contribution in [1.29, 1.82) is 0 Å². The van der Waals surface area contributed by atoms with Crippen molar-refractivity contribution in [2.24, 2.45) is 11.3 Å². The average molecular weight is 451 g/mol. The normalized spacial score (nSPS) is 22.8. The molecule has 1 unspecified atom stereocenters. The van der Waals surface area contributed by atoms with Gasteiger partial charge in [0.25, 0.3) is 0 Å². The summed E-state index contributed by atoms with van der Waals surface area (Å²) in [5.41, 5.74) is -0.0578. The van der Waals surface area contributed by atoms with Crippen molar-refractivity contribution in [3.63, 3.8) is 0 Å². The Bertz CT molecular complexity index is 538. The summed E-state index contributed by atoms with van der Waals surface area (Å²) in [6.07, 6.45) is 1.62. The van der Waals surface area contributed by atoms with Crippen molar-refractivity contribution >= 4 is 64.6 Å². The van der Waals surface area contributed by atoms with Crippen LogP contribution in [0.3, 0.4) is 0 Å². The minimum absolute atomic E-state index is 0.0578. The average Bonchev–Trinajstić information content (AvgIpc) is 2.92. The number of thiophene rings is 1. The second-order valence-corrected chi connectivity index (χ2v) is 10.3. The molecule has 0 saturated carbocycles. The van der Waals surface area contributed by atoms with Crippen LogP contribution < -0.4 is 0 Å². The monoisotopic (exact) mass is 448 g/mol. The Balaban J connectivity index is 2.22. The van der Waals surface area contributed by atoms with Gasteiger partial charge in [0, 0.05) is 15.5 Å². The first-order valence-corrected chi connectivity index (χ1v) is 11.2. The Labute approximate surface area is 140 Å². The van der Waals surface area contributed by atoms with Gasteiger partial charge in [-0.05, 0) is 36.3 Å². The van der Waals surface area contributed by atoms with Crippen LogP contribution in [0.2, 0.25) is 4.34 Å². The topological polar surface area (TPSA) is 34.1 Å². The van der Waals surface area contributed by atoms with Crippen molar-refractivity contribution in [1.82, 2.24) is 0 Å². The maximum Gasteiger partial charge on any atom is 0.150 e. The zero-order valence-electron chi connectivity index (χ0n) is 10.2. The van der Waals surface area contributed by atoms with Crippen LogP contribution in [0, 0.1) is 11.3 Å². The molecule has 2 nitrogen and oxygen atoms in total. The lowest BCUT2D eigenvalue weighted by atomic mass is 9.75. The number of sulfone groups is 1. The molecule has 1 aromatic heterocycles. The van der Waals surface area contributed by atoms with E-state index in [0.29, 0.717) is 11.5 Å². The Hall–Kier alpha value is 0.900. The van der Waals surface area contributed by atoms with Crippen molar-refractivity contribution in [3.8, 4) is 0 Å². The fourth-order valence-corrected chi connectivity index (χ4v) is 7.99. The van der Waals surface area contributed by atoms with Crippen molar-refractivity contribution in [2.75, 3.05) is 22.2 Å². The summed E-state index contributed by atoms with van der Waals surface area (Å²) in [6.45, 7) is 0. The highest BCUT2D eigenvalue weighted by Crippen LogP contribution is 2.43. The molecule has 2 rings (SSSR count). The van der Waals surface area contributed by atoms with E-state index in [0.717, 1.165) is 27.8 Å². The second kappa shape index (κ2) is 6.34. The molecule has 19 heavy (non-hydrogen) atoms. The van der Waals surface area contributed by atoms with Crippen LogP contribution in [-0.2, 0) is 16.3 Å². The Kier molecular flexibility index (Phi) is 5.43. The first-order valence-electron chi connectivity index (χ1n) is 5.97. The maximum absolute atomic E-state index is 11.7. The standard InChI is InChI=1S/C12H15Br2ClO2S2/c13-7-12(8-14,5-10-1-2-11(15)18-10)9-3-4-19(16,17)6-9/h1-2,9H,3-8H2. The smallest absolute Gasteiger partial charge is 0.150 e.